The lowest BCUT2D eigenvalue weighted by atomic mass is 9.85. The van der Waals surface area contributed by atoms with Crippen molar-refractivity contribution in [2.45, 2.75) is 36.6 Å². The second-order valence-electron chi connectivity index (χ2n) is 6.17. The van der Waals surface area contributed by atoms with Crippen molar-refractivity contribution < 1.29 is 113 Å². The standard InChI is InChI=1S/C6H18O24P6/c7-1-2(25-31(8,9)10)4(27-33(14,15)16)6(28-34(17,18)19)5(3(1)26-32(11,12)13)29-36(23,24)30-35(20,21)22/h1-7H,(H,23,24)(H2,8,9,10)(H2,11,12,13)(H2,14,15,16)(H2,17,18,19)(H2,20,21,22)/p-8/t1-,2-,3+,4+,5-,6+/m0/s1. The van der Waals surface area contributed by atoms with E-state index in [1.165, 1.54) is 0 Å². The van der Waals surface area contributed by atoms with Crippen LogP contribution in [-0.4, -0.2) is 56.4 Å². The second kappa shape index (κ2) is 11.6. The van der Waals surface area contributed by atoms with E-state index in [1.54, 1.807) is 0 Å². The first-order valence-corrected chi connectivity index (χ1v) is 16.7. The quantitative estimate of drug-likeness (QED) is 0.142. The van der Waals surface area contributed by atoms with Crippen molar-refractivity contribution in [3.8, 4) is 0 Å². The third-order valence-corrected chi connectivity index (χ3v) is 7.63. The summed E-state index contributed by atoms with van der Waals surface area (Å²) in [7, 11) is -38.6. The largest absolute Gasteiger partial charge is 0.790 e. The fourth-order valence-electron chi connectivity index (χ4n) is 2.64. The molecule has 24 nitrogen and oxygen atoms in total. The van der Waals surface area contributed by atoms with Crippen LogP contribution in [0, 0.1) is 0 Å². The van der Waals surface area contributed by atoms with Gasteiger partial charge in [-0.1, -0.05) is 0 Å². The summed E-state index contributed by atoms with van der Waals surface area (Å²) in [5.74, 6) is 0. The topological polar surface area (TPSA) is 423 Å². The van der Waals surface area contributed by atoms with Gasteiger partial charge in [0.25, 0.3) is 0 Å². The second-order valence-corrected chi connectivity index (χ2v) is 13.4. The van der Waals surface area contributed by atoms with Crippen molar-refractivity contribution >= 4 is 46.9 Å². The molecule has 0 aromatic rings. The fourth-order valence-corrected chi connectivity index (χ4v) is 6.58. The van der Waals surface area contributed by atoms with E-state index in [0.717, 1.165) is 0 Å². The molecule has 30 heteroatoms. The van der Waals surface area contributed by atoms with Gasteiger partial charge in [-0.25, -0.2) is 9.13 Å². The summed E-state index contributed by atoms with van der Waals surface area (Å²) >= 11 is 0. The molecule has 0 spiro atoms. The normalized spacial score (nSPS) is 30.7. The van der Waals surface area contributed by atoms with Crippen molar-refractivity contribution in [3.05, 3.63) is 0 Å². The van der Waals surface area contributed by atoms with Gasteiger partial charge >= 0.3 is 15.6 Å². The number of aliphatic hydroxyl groups is 1. The minimum absolute atomic E-state index is 3.28. The first kappa shape index (κ1) is 34.7. The van der Waals surface area contributed by atoms with Gasteiger partial charge in [-0.15, -0.1) is 0 Å². The lowest BCUT2D eigenvalue weighted by Gasteiger charge is -2.54. The van der Waals surface area contributed by atoms with Gasteiger partial charge in [0.2, 0.25) is 0 Å². The molecule has 0 saturated heterocycles. The molecule has 0 radical (unpaired) electrons. The molecule has 0 amide bonds. The molecule has 1 aliphatic carbocycles. The van der Waals surface area contributed by atoms with E-state index in [-0.39, 0.29) is 0 Å². The molecule has 0 aromatic carbocycles. The molecule has 1 aliphatic rings. The van der Waals surface area contributed by atoms with Crippen LogP contribution in [0.4, 0.5) is 0 Å². The van der Waals surface area contributed by atoms with E-state index in [1.807, 2.05) is 0 Å². The van der Waals surface area contributed by atoms with Gasteiger partial charge in [-0.3, -0.25) is 4.52 Å². The van der Waals surface area contributed by atoms with Crippen LogP contribution in [0.25, 0.3) is 0 Å². The highest BCUT2D eigenvalue weighted by atomic mass is 31.3. The maximum atomic E-state index is 11.9. The van der Waals surface area contributed by atoms with Crippen molar-refractivity contribution in [2.75, 3.05) is 0 Å². The predicted octanol–water partition coefficient (Wildman–Crippen LogP) is -8.19. The highest BCUT2D eigenvalue weighted by molar-refractivity contribution is 7.60. The fraction of sp³-hybridized carbons (Fsp3) is 1.00. The van der Waals surface area contributed by atoms with E-state index in [4.69, 9.17) is 9.79 Å². The van der Waals surface area contributed by atoms with Gasteiger partial charge in [-0.2, -0.15) is 4.31 Å². The van der Waals surface area contributed by atoms with Crippen LogP contribution in [0.15, 0.2) is 0 Å². The SMILES string of the molecule is O=P([O-])([O-])O[C@H]1[C@@H](OP(=O)(O)OP(=O)(O)O)[C@H](OP(=O)([O-])[O-])[C@@H](O)[C@H](OP(=O)([O-])[O-])[C@H]1OP(=O)([O-])[O-]. The average Bonchev–Trinajstić information content (AvgIpc) is 2.51. The van der Waals surface area contributed by atoms with E-state index >= 15 is 0 Å². The highest BCUT2D eigenvalue weighted by Gasteiger charge is 2.57. The van der Waals surface area contributed by atoms with Crippen molar-refractivity contribution in [2.24, 2.45) is 0 Å². The van der Waals surface area contributed by atoms with Crippen LogP contribution < -0.4 is 39.1 Å². The Morgan fingerprint density at radius 2 is 0.722 bits per heavy atom. The summed E-state index contributed by atoms with van der Waals surface area (Å²) in [4.78, 5) is 115. The van der Waals surface area contributed by atoms with Crippen LogP contribution in [0.5, 0.6) is 0 Å². The summed E-state index contributed by atoms with van der Waals surface area (Å²) in [6.07, 6.45) is -20.2. The molecule has 0 aliphatic heterocycles. The van der Waals surface area contributed by atoms with Crippen molar-refractivity contribution in [1.29, 1.82) is 0 Å². The predicted molar refractivity (Wildman–Crippen MR) is 83.8 cm³/mol. The Bertz CT molecular complexity index is 1050. The summed E-state index contributed by atoms with van der Waals surface area (Å²) in [6.45, 7) is 0. The Morgan fingerprint density at radius 3 is 1.00 bits per heavy atom. The van der Waals surface area contributed by atoms with E-state index in [2.05, 4.69) is 26.9 Å². The van der Waals surface area contributed by atoms with Gasteiger partial charge in [0.15, 0.2) is 0 Å². The molecule has 7 atom stereocenters. The molecule has 1 rings (SSSR count). The van der Waals surface area contributed by atoms with Crippen LogP contribution in [0.2, 0.25) is 0 Å². The maximum Gasteiger partial charge on any atom is 0.481 e. The number of hydrogen-bond donors (Lipinski definition) is 4. The van der Waals surface area contributed by atoms with Crippen LogP contribution in [0.3, 0.4) is 0 Å². The Labute approximate surface area is 197 Å². The Balaban J connectivity index is 3.85. The number of phosphoric acid groups is 6. The molecule has 4 N–H and O–H groups in total. The zero-order valence-corrected chi connectivity index (χ0v) is 21.5. The maximum absolute atomic E-state index is 11.9. The summed E-state index contributed by atoms with van der Waals surface area (Å²) < 4.78 is 89.1. The molecule has 216 valence electrons. The molecule has 1 fully saturated rings. The van der Waals surface area contributed by atoms with Gasteiger partial charge in [-0.05, 0) is 0 Å². The van der Waals surface area contributed by atoms with Crippen LogP contribution in [0.1, 0.15) is 0 Å². The molecular weight excluding hydrogens is 642 g/mol. The van der Waals surface area contributed by atoms with Crippen molar-refractivity contribution in [3.63, 3.8) is 0 Å². The lowest BCUT2D eigenvalue weighted by Crippen LogP contribution is -2.67. The number of hydrogen-bond acceptors (Lipinski definition) is 21. The highest BCUT2D eigenvalue weighted by Crippen LogP contribution is 2.60. The third-order valence-electron chi connectivity index (χ3n) is 3.44. The monoisotopic (exact) mass is 652 g/mol. The Hall–Kier alpha value is 0.660. The summed E-state index contributed by atoms with van der Waals surface area (Å²) in [6, 6.07) is 0. The first-order valence-electron chi connectivity index (χ1n) is 7.87. The molecule has 0 bridgehead atoms. The molecule has 36 heavy (non-hydrogen) atoms. The average molecular weight is 652 g/mol. The molecular formula is C6H10O24P6-8. The molecule has 0 aromatic heterocycles. The lowest BCUT2D eigenvalue weighted by molar-refractivity contribution is -0.377. The zero-order valence-electron chi connectivity index (χ0n) is 16.1. The molecule has 1 saturated carbocycles. The minimum Gasteiger partial charge on any atom is -0.790 e. The smallest absolute Gasteiger partial charge is 0.481 e. The Morgan fingerprint density at radius 1 is 0.472 bits per heavy atom. The molecule has 1 unspecified atom stereocenters. The van der Waals surface area contributed by atoms with Crippen LogP contribution >= 0.6 is 46.9 Å². The van der Waals surface area contributed by atoms with Gasteiger partial charge in [0, 0.05) is 0 Å². The van der Waals surface area contributed by atoms with Gasteiger partial charge in [0.1, 0.15) is 36.6 Å². The number of aliphatic hydroxyl groups excluding tert-OH is 1. The first-order chi connectivity index (χ1) is 15.6. The number of rotatable bonds is 12. The minimum atomic E-state index is -6.62. The summed E-state index contributed by atoms with van der Waals surface area (Å²) in [5.41, 5.74) is 0. The van der Waals surface area contributed by atoms with Gasteiger partial charge < -0.3 is 95.3 Å². The van der Waals surface area contributed by atoms with Crippen molar-refractivity contribution in [1.82, 2.24) is 0 Å². The van der Waals surface area contributed by atoms with E-state index in [9.17, 15) is 76.5 Å². The van der Waals surface area contributed by atoms with Gasteiger partial charge in [0.05, 0.1) is 31.3 Å². The van der Waals surface area contributed by atoms with E-state index < -0.39 is 83.6 Å². The molecule has 0 heterocycles. The zero-order chi connectivity index (χ0) is 28.7. The summed E-state index contributed by atoms with van der Waals surface area (Å²) in [5, 5.41) is 10.2. The third kappa shape index (κ3) is 12.7. The Kier molecular flexibility index (Phi) is 11.2. The van der Waals surface area contributed by atoms with Crippen LogP contribution in [-0.2, 0) is 54.3 Å². The number of phosphoric ester groups is 5. The van der Waals surface area contributed by atoms with E-state index in [0.29, 0.717) is 0 Å².